The molecule has 1 rings (SSSR count). The summed E-state index contributed by atoms with van der Waals surface area (Å²) >= 11 is 4.85. The fourth-order valence-electron chi connectivity index (χ4n) is 1.43. The fraction of sp³-hybridized carbons (Fsp3) is 0.364. The van der Waals surface area contributed by atoms with Gasteiger partial charge in [0.2, 0.25) is 10.0 Å². The number of nitrogens with two attached hydrogens (primary N) is 1. The summed E-state index contributed by atoms with van der Waals surface area (Å²) in [4.78, 5) is 0.558. The molecule has 0 unspecified atom stereocenters. The van der Waals surface area contributed by atoms with Gasteiger partial charge in [-0.2, -0.15) is 0 Å². The van der Waals surface area contributed by atoms with Gasteiger partial charge in [0.05, 0.1) is 4.90 Å². The third kappa shape index (κ3) is 2.83. The van der Waals surface area contributed by atoms with Crippen LogP contribution in [0.5, 0.6) is 0 Å². The standard InChI is InChI=1S/C11H16N2O2S2/c1-4-13(3)17(14,15)10-6-5-9(11(12)16)7-8(10)2/h5-7H,4H2,1-3H3,(H2,12,16). The SMILES string of the molecule is CCN(C)S(=O)(=O)c1ccc(C(N)=S)cc1C. The second kappa shape index (κ2) is 5.12. The van der Waals surface area contributed by atoms with Crippen LogP contribution in [-0.2, 0) is 10.0 Å². The van der Waals surface area contributed by atoms with E-state index in [0.717, 1.165) is 0 Å². The van der Waals surface area contributed by atoms with Crippen molar-refractivity contribution in [2.24, 2.45) is 5.73 Å². The first-order valence-corrected chi connectivity index (χ1v) is 7.02. The molecule has 17 heavy (non-hydrogen) atoms. The van der Waals surface area contributed by atoms with Crippen LogP contribution in [0.25, 0.3) is 0 Å². The molecule has 0 fully saturated rings. The Bertz CT molecular complexity index is 538. The topological polar surface area (TPSA) is 63.4 Å². The van der Waals surface area contributed by atoms with Crippen molar-refractivity contribution in [3.63, 3.8) is 0 Å². The molecule has 4 nitrogen and oxygen atoms in total. The first-order valence-electron chi connectivity index (χ1n) is 5.17. The van der Waals surface area contributed by atoms with Gasteiger partial charge in [-0.15, -0.1) is 0 Å². The highest BCUT2D eigenvalue weighted by molar-refractivity contribution is 7.89. The van der Waals surface area contributed by atoms with Crippen LogP contribution in [0.3, 0.4) is 0 Å². The second-order valence-corrected chi connectivity index (χ2v) is 6.22. The van der Waals surface area contributed by atoms with Crippen molar-refractivity contribution < 1.29 is 8.42 Å². The lowest BCUT2D eigenvalue weighted by atomic mass is 10.1. The number of rotatable bonds is 4. The van der Waals surface area contributed by atoms with Gasteiger partial charge in [0.25, 0.3) is 0 Å². The monoisotopic (exact) mass is 272 g/mol. The molecule has 6 heteroatoms. The molecule has 0 saturated heterocycles. The van der Waals surface area contributed by atoms with Gasteiger partial charge in [-0.3, -0.25) is 0 Å². The molecule has 0 radical (unpaired) electrons. The second-order valence-electron chi connectivity index (χ2n) is 3.76. The van der Waals surface area contributed by atoms with Crippen molar-refractivity contribution in [3.05, 3.63) is 29.3 Å². The molecular weight excluding hydrogens is 256 g/mol. The Hall–Kier alpha value is -0.980. The Morgan fingerprint density at radius 3 is 2.47 bits per heavy atom. The third-order valence-corrected chi connectivity index (χ3v) is 4.92. The molecule has 0 atom stereocenters. The molecule has 0 saturated carbocycles. The first kappa shape index (κ1) is 14.1. The van der Waals surface area contributed by atoms with Gasteiger partial charge in [-0.05, 0) is 24.6 Å². The Morgan fingerprint density at radius 1 is 1.47 bits per heavy atom. The highest BCUT2D eigenvalue weighted by atomic mass is 32.2. The van der Waals surface area contributed by atoms with E-state index in [1.54, 1.807) is 39.1 Å². The summed E-state index contributed by atoms with van der Waals surface area (Å²) in [5, 5.41) is 0. The van der Waals surface area contributed by atoms with Gasteiger partial charge in [0.1, 0.15) is 4.99 Å². The fourth-order valence-corrected chi connectivity index (χ4v) is 2.94. The Balaban J connectivity index is 3.31. The molecule has 0 aliphatic carbocycles. The van der Waals surface area contributed by atoms with Crippen molar-refractivity contribution in [1.29, 1.82) is 0 Å². The Morgan fingerprint density at radius 2 is 2.06 bits per heavy atom. The zero-order chi connectivity index (χ0) is 13.2. The molecule has 0 spiro atoms. The van der Waals surface area contributed by atoms with Crippen LogP contribution in [0.2, 0.25) is 0 Å². The van der Waals surface area contributed by atoms with E-state index in [4.69, 9.17) is 18.0 Å². The summed E-state index contributed by atoms with van der Waals surface area (Å²) in [6.45, 7) is 3.95. The minimum absolute atomic E-state index is 0.265. The van der Waals surface area contributed by atoms with E-state index in [1.807, 2.05) is 0 Å². The maximum absolute atomic E-state index is 12.1. The van der Waals surface area contributed by atoms with Crippen LogP contribution in [0.4, 0.5) is 0 Å². The molecule has 1 aromatic rings. The summed E-state index contributed by atoms with van der Waals surface area (Å²) in [7, 11) is -1.86. The zero-order valence-electron chi connectivity index (χ0n) is 10.1. The Kier molecular flexibility index (Phi) is 4.24. The van der Waals surface area contributed by atoms with Gasteiger partial charge in [0.15, 0.2) is 0 Å². The van der Waals surface area contributed by atoms with Crippen LogP contribution in [0, 0.1) is 6.92 Å². The van der Waals surface area contributed by atoms with E-state index in [1.165, 1.54) is 4.31 Å². The quantitative estimate of drug-likeness (QED) is 0.838. The number of sulfonamides is 1. The van der Waals surface area contributed by atoms with E-state index >= 15 is 0 Å². The number of hydrogen-bond donors (Lipinski definition) is 1. The summed E-state index contributed by atoms with van der Waals surface area (Å²) in [6.07, 6.45) is 0. The van der Waals surface area contributed by atoms with Crippen molar-refractivity contribution in [1.82, 2.24) is 4.31 Å². The number of thiocarbonyl (C=S) groups is 1. The molecule has 0 bridgehead atoms. The van der Waals surface area contributed by atoms with Crippen LogP contribution in [0.1, 0.15) is 18.1 Å². The van der Waals surface area contributed by atoms with Crippen molar-refractivity contribution in [2.75, 3.05) is 13.6 Å². The summed E-state index contributed by atoms with van der Waals surface area (Å²) in [6, 6.07) is 4.87. The highest BCUT2D eigenvalue weighted by Crippen LogP contribution is 2.20. The summed E-state index contributed by atoms with van der Waals surface area (Å²) < 4.78 is 25.6. The van der Waals surface area contributed by atoms with Crippen LogP contribution >= 0.6 is 12.2 Å². The largest absolute Gasteiger partial charge is 0.389 e. The third-order valence-electron chi connectivity index (χ3n) is 2.59. The molecule has 94 valence electrons. The molecule has 0 aliphatic heterocycles. The highest BCUT2D eigenvalue weighted by Gasteiger charge is 2.21. The van der Waals surface area contributed by atoms with E-state index in [9.17, 15) is 8.42 Å². The van der Waals surface area contributed by atoms with Gasteiger partial charge < -0.3 is 5.73 Å². The number of benzene rings is 1. The summed E-state index contributed by atoms with van der Waals surface area (Å²) in [5.41, 5.74) is 6.82. The van der Waals surface area contributed by atoms with E-state index in [0.29, 0.717) is 22.6 Å². The average molecular weight is 272 g/mol. The smallest absolute Gasteiger partial charge is 0.243 e. The number of hydrogen-bond acceptors (Lipinski definition) is 3. The summed E-state index contributed by atoms with van der Waals surface area (Å²) in [5.74, 6) is 0. The van der Waals surface area contributed by atoms with Crippen LogP contribution in [-0.4, -0.2) is 31.3 Å². The lowest BCUT2D eigenvalue weighted by molar-refractivity contribution is 0.486. The molecule has 2 N–H and O–H groups in total. The molecule has 0 aromatic heterocycles. The van der Waals surface area contributed by atoms with Gasteiger partial charge >= 0.3 is 0 Å². The van der Waals surface area contributed by atoms with E-state index in [-0.39, 0.29) is 4.99 Å². The average Bonchev–Trinajstić information content (AvgIpc) is 2.27. The van der Waals surface area contributed by atoms with Crippen LogP contribution in [0.15, 0.2) is 23.1 Å². The van der Waals surface area contributed by atoms with Gasteiger partial charge in [-0.1, -0.05) is 25.2 Å². The molecule has 0 heterocycles. The van der Waals surface area contributed by atoms with Crippen molar-refractivity contribution >= 4 is 27.2 Å². The normalized spacial score (nSPS) is 11.8. The zero-order valence-corrected chi connectivity index (χ0v) is 11.7. The van der Waals surface area contributed by atoms with E-state index < -0.39 is 10.0 Å². The molecule has 1 aromatic carbocycles. The molecule has 0 aliphatic rings. The molecular formula is C11H16N2O2S2. The lowest BCUT2D eigenvalue weighted by Crippen LogP contribution is -2.27. The van der Waals surface area contributed by atoms with Gasteiger partial charge in [0, 0.05) is 19.2 Å². The first-order chi connectivity index (χ1) is 7.80. The van der Waals surface area contributed by atoms with E-state index in [2.05, 4.69) is 0 Å². The number of nitrogens with zero attached hydrogens (tertiary/aromatic N) is 1. The minimum atomic E-state index is -3.41. The maximum Gasteiger partial charge on any atom is 0.243 e. The van der Waals surface area contributed by atoms with Gasteiger partial charge in [-0.25, -0.2) is 12.7 Å². The number of aryl methyl sites for hydroxylation is 1. The lowest BCUT2D eigenvalue weighted by Gasteiger charge is -2.16. The minimum Gasteiger partial charge on any atom is -0.389 e. The van der Waals surface area contributed by atoms with Crippen molar-refractivity contribution in [2.45, 2.75) is 18.7 Å². The van der Waals surface area contributed by atoms with Crippen molar-refractivity contribution in [3.8, 4) is 0 Å². The molecule has 0 amide bonds. The predicted molar refractivity (Wildman–Crippen MR) is 72.6 cm³/mol. The van der Waals surface area contributed by atoms with Crippen LogP contribution < -0.4 is 5.73 Å². The predicted octanol–water partition coefficient (Wildman–Crippen LogP) is 1.27. The maximum atomic E-state index is 12.1. The Labute approximate surface area is 107 Å².